The third-order valence-electron chi connectivity index (χ3n) is 6.27. The van der Waals surface area contributed by atoms with Crippen molar-refractivity contribution in [1.82, 2.24) is 9.97 Å². The van der Waals surface area contributed by atoms with E-state index >= 15 is 0 Å². The van der Waals surface area contributed by atoms with E-state index in [1.807, 2.05) is 19.1 Å². The summed E-state index contributed by atoms with van der Waals surface area (Å²) < 4.78 is 31.5. The van der Waals surface area contributed by atoms with Crippen LogP contribution in [-0.4, -0.2) is 54.6 Å². The van der Waals surface area contributed by atoms with Crippen molar-refractivity contribution in [2.45, 2.75) is 64.8 Å². The summed E-state index contributed by atoms with van der Waals surface area (Å²) in [6.45, 7) is 9.15. The maximum atomic E-state index is 14.2. The molecule has 2 aliphatic rings. The first-order chi connectivity index (χ1) is 16.0. The van der Waals surface area contributed by atoms with Gasteiger partial charge in [0.05, 0.1) is 31.1 Å². The van der Waals surface area contributed by atoms with Crippen LogP contribution in [0.4, 0.5) is 21.7 Å². The smallest absolute Gasteiger partial charge is 0.255 e. The maximum Gasteiger partial charge on any atom is 0.255 e. The van der Waals surface area contributed by atoms with Crippen molar-refractivity contribution in [1.29, 1.82) is 0 Å². The molecule has 180 valence electrons. The zero-order valence-electron chi connectivity index (χ0n) is 19.8. The molecule has 33 heavy (non-hydrogen) atoms. The Hall–Kier alpha value is -2.45. The molecule has 0 amide bonds. The molecule has 1 saturated heterocycles. The van der Waals surface area contributed by atoms with Crippen molar-refractivity contribution >= 4 is 17.3 Å². The van der Waals surface area contributed by atoms with Crippen LogP contribution in [-0.2, 0) is 9.47 Å². The first-order valence-corrected chi connectivity index (χ1v) is 12.0. The highest BCUT2D eigenvalue weighted by molar-refractivity contribution is 5.59. The summed E-state index contributed by atoms with van der Waals surface area (Å²) in [7, 11) is 0. The van der Waals surface area contributed by atoms with Gasteiger partial charge in [-0.15, -0.1) is 0 Å². The van der Waals surface area contributed by atoms with Gasteiger partial charge in [0.25, 0.3) is 5.88 Å². The van der Waals surface area contributed by atoms with Crippen LogP contribution in [0.15, 0.2) is 30.5 Å². The summed E-state index contributed by atoms with van der Waals surface area (Å²) in [6.07, 6.45) is 6.01. The van der Waals surface area contributed by atoms with E-state index in [-0.39, 0.29) is 18.1 Å². The van der Waals surface area contributed by atoms with Gasteiger partial charge in [-0.25, -0.2) is 4.98 Å². The van der Waals surface area contributed by atoms with Gasteiger partial charge >= 0.3 is 0 Å². The highest BCUT2D eigenvalue weighted by Gasteiger charge is 2.23. The highest BCUT2D eigenvalue weighted by atomic mass is 19.1. The van der Waals surface area contributed by atoms with E-state index in [1.54, 1.807) is 0 Å². The molecule has 8 heteroatoms. The van der Waals surface area contributed by atoms with Gasteiger partial charge in [-0.1, -0.05) is 0 Å². The fourth-order valence-electron chi connectivity index (χ4n) is 4.68. The van der Waals surface area contributed by atoms with Crippen LogP contribution in [0.5, 0.6) is 5.88 Å². The summed E-state index contributed by atoms with van der Waals surface area (Å²) in [4.78, 5) is 10.7. The number of ether oxygens (including phenoxy) is 3. The molecule has 1 aliphatic heterocycles. The molecule has 7 nitrogen and oxygen atoms in total. The third-order valence-corrected chi connectivity index (χ3v) is 6.27. The molecule has 1 N–H and O–H groups in total. The van der Waals surface area contributed by atoms with E-state index < -0.39 is 5.82 Å². The van der Waals surface area contributed by atoms with Crippen LogP contribution < -0.4 is 15.0 Å². The zero-order chi connectivity index (χ0) is 23.2. The van der Waals surface area contributed by atoms with Gasteiger partial charge in [0.15, 0.2) is 0 Å². The first-order valence-electron chi connectivity index (χ1n) is 12.0. The number of rotatable bonds is 8. The van der Waals surface area contributed by atoms with Crippen molar-refractivity contribution in [3.05, 3.63) is 36.3 Å². The number of aromatic nitrogens is 2. The number of benzene rings is 1. The number of nitrogens with zero attached hydrogens (tertiary/aromatic N) is 3. The first kappa shape index (κ1) is 23.7. The zero-order valence-corrected chi connectivity index (χ0v) is 19.8. The molecule has 1 aliphatic carbocycles. The highest BCUT2D eigenvalue weighted by Crippen LogP contribution is 2.28. The summed E-state index contributed by atoms with van der Waals surface area (Å²) >= 11 is 0. The molecule has 4 rings (SSSR count). The van der Waals surface area contributed by atoms with Crippen LogP contribution in [0.1, 0.15) is 46.5 Å². The van der Waals surface area contributed by atoms with Crippen molar-refractivity contribution < 1.29 is 18.6 Å². The quantitative estimate of drug-likeness (QED) is 0.600. The normalized spacial score (nSPS) is 25.6. The minimum Gasteiger partial charge on any atom is -0.475 e. The molecule has 0 unspecified atom stereocenters. The van der Waals surface area contributed by atoms with E-state index in [4.69, 9.17) is 14.2 Å². The van der Waals surface area contributed by atoms with E-state index in [0.29, 0.717) is 24.6 Å². The molecular weight excluding hydrogens is 423 g/mol. The van der Waals surface area contributed by atoms with Crippen LogP contribution >= 0.6 is 0 Å². The summed E-state index contributed by atoms with van der Waals surface area (Å²) in [5.74, 6) is 0.153. The Morgan fingerprint density at radius 3 is 2.45 bits per heavy atom. The van der Waals surface area contributed by atoms with Gasteiger partial charge in [-0.3, -0.25) is 0 Å². The Morgan fingerprint density at radius 2 is 1.79 bits per heavy atom. The summed E-state index contributed by atoms with van der Waals surface area (Å²) in [5, 5.41) is 3.15. The van der Waals surface area contributed by atoms with Gasteiger partial charge < -0.3 is 24.4 Å². The van der Waals surface area contributed by atoms with Crippen molar-refractivity contribution in [3.8, 4) is 5.88 Å². The van der Waals surface area contributed by atoms with Crippen LogP contribution in [0.2, 0.25) is 0 Å². The van der Waals surface area contributed by atoms with Gasteiger partial charge in [-0.2, -0.15) is 9.37 Å². The second kappa shape index (κ2) is 11.1. The lowest BCUT2D eigenvalue weighted by Gasteiger charge is -2.36. The number of halogens is 1. The molecule has 0 radical (unpaired) electrons. The Morgan fingerprint density at radius 1 is 1.09 bits per heavy atom. The lowest BCUT2D eigenvalue weighted by atomic mass is 9.88. The molecule has 1 saturated carbocycles. The van der Waals surface area contributed by atoms with Gasteiger partial charge in [-0.05, 0) is 76.6 Å². The molecule has 1 aromatic heterocycles. The predicted octanol–water partition coefficient (Wildman–Crippen LogP) is 4.95. The average molecular weight is 459 g/mol. The molecule has 2 aromatic rings. The van der Waals surface area contributed by atoms with Crippen LogP contribution in [0, 0.1) is 11.7 Å². The van der Waals surface area contributed by atoms with Crippen molar-refractivity contribution in [3.63, 3.8) is 0 Å². The van der Waals surface area contributed by atoms with E-state index in [0.717, 1.165) is 63.0 Å². The average Bonchev–Trinajstić information content (AvgIpc) is 2.80. The standard InChI is InChI=1S/C25H35FN4O3/c1-4-31-22-11-5-19(6-12-22)16-32-24-23(26)13-27-25(29-24)28-20-7-9-21(10-8-20)30-14-17(2)33-18(3)15-30/h7-10,13,17-19,22H,4-6,11-12,14-16H2,1-3H3,(H,27,28,29)/t17-,18+,19-,22+. The van der Waals surface area contributed by atoms with E-state index in [1.165, 1.54) is 0 Å². The molecule has 1 aromatic carbocycles. The number of hydrogen-bond acceptors (Lipinski definition) is 7. The second-order valence-electron chi connectivity index (χ2n) is 9.09. The fourth-order valence-corrected chi connectivity index (χ4v) is 4.68. The number of nitrogens with one attached hydrogen (secondary N) is 1. The largest absolute Gasteiger partial charge is 0.475 e. The summed E-state index contributed by atoms with van der Waals surface area (Å²) in [5.41, 5.74) is 1.98. The van der Waals surface area contributed by atoms with Crippen molar-refractivity contribution in [2.75, 3.05) is 36.5 Å². The van der Waals surface area contributed by atoms with Gasteiger partial charge in [0, 0.05) is 31.1 Å². The molecule has 0 bridgehead atoms. The van der Waals surface area contributed by atoms with Gasteiger partial charge in [0.1, 0.15) is 0 Å². The summed E-state index contributed by atoms with van der Waals surface area (Å²) in [6, 6.07) is 8.08. The Kier molecular flexibility index (Phi) is 7.98. The van der Waals surface area contributed by atoms with E-state index in [2.05, 4.69) is 46.2 Å². The Labute approximate surface area is 195 Å². The third kappa shape index (κ3) is 6.54. The molecule has 2 heterocycles. The molecule has 0 spiro atoms. The number of anilines is 3. The second-order valence-corrected chi connectivity index (χ2v) is 9.09. The van der Waals surface area contributed by atoms with Crippen LogP contribution in [0.3, 0.4) is 0 Å². The number of hydrogen-bond donors (Lipinski definition) is 1. The van der Waals surface area contributed by atoms with E-state index in [9.17, 15) is 4.39 Å². The molecule has 2 fully saturated rings. The fraction of sp³-hybridized carbons (Fsp3) is 0.600. The number of morpholine rings is 1. The topological polar surface area (TPSA) is 68.7 Å². The lowest BCUT2D eigenvalue weighted by Crippen LogP contribution is -2.45. The maximum absolute atomic E-state index is 14.2. The Bertz CT molecular complexity index is 880. The minimum absolute atomic E-state index is 0.00709. The minimum atomic E-state index is -0.547. The lowest BCUT2D eigenvalue weighted by molar-refractivity contribution is -0.00521. The SMILES string of the molecule is CCO[C@H]1CC[C@@H](COc2nc(Nc3ccc(N4C[C@@H](C)O[C@@H](C)C4)cc3)ncc2F)CC1. The predicted molar refractivity (Wildman–Crippen MR) is 127 cm³/mol. The van der Waals surface area contributed by atoms with Gasteiger partial charge in [0.2, 0.25) is 11.8 Å². The van der Waals surface area contributed by atoms with Crippen LogP contribution in [0.25, 0.3) is 0 Å². The monoisotopic (exact) mass is 458 g/mol. The van der Waals surface area contributed by atoms with Crippen molar-refractivity contribution in [2.24, 2.45) is 5.92 Å². The molecular formula is C25H35FN4O3. The molecule has 2 atom stereocenters. The Balaban J connectivity index is 1.32.